The van der Waals surface area contributed by atoms with Crippen molar-refractivity contribution in [2.24, 2.45) is 17.8 Å². The minimum atomic E-state index is -0.571. The summed E-state index contributed by atoms with van der Waals surface area (Å²) in [6.07, 6.45) is 5.01. The number of hydrogen-bond donors (Lipinski definition) is 1. The number of rotatable bonds is 4. The van der Waals surface area contributed by atoms with Crippen molar-refractivity contribution in [1.29, 1.82) is 0 Å². The fourth-order valence-electron chi connectivity index (χ4n) is 4.75. The number of pyridine rings is 1. The van der Waals surface area contributed by atoms with Crippen molar-refractivity contribution >= 4 is 17.7 Å². The first-order valence-electron chi connectivity index (χ1n) is 11.7. The molecule has 0 unspecified atom stereocenters. The van der Waals surface area contributed by atoms with E-state index in [9.17, 15) is 9.59 Å². The zero-order valence-corrected chi connectivity index (χ0v) is 19.6. The Morgan fingerprint density at radius 1 is 1.09 bits per heavy atom. The van der Waals surface area contributed by atoms with Gasteiger partial charge in [0.2, 0.25) is 5.91 Å². The third-order valence-electron chi connectivity index (χ3n) is 6.35. The molecule has 2 aliphatic rings. The summed E-state index contributed by atoms with van der Waals surface area (Å²) in [7, 11) is 0. The maximum Gasteiger partial charge on any atom is 0.410 e. The normalized spacial score (nSPS) is 21.6. The summed E-state index contributed by atoms with van der Waals surface area (Å²) in [5.41, 5.74) is 2.15. The molecule has 0 radical (unpaired) electrons. The number of aromatic nitrogens is 1. The van der Waals surface area contributed by atoms with E-state index in [2.05, 4.69) is 10.3 Å². The number of ether oxygens (including phenoxy) is 2. The molecule has 2 aliphatic heterocycles. The first-order chi connectivity index (χ1) is 15.8. The molecule has 2 fully saturated rings. The highest BCUT2D eigenvalue weighted by molar-refractivity contribution is 5.94. The van der Waals surface area contributed by atoms with E-state index >= 15 is 0 Å². The van der Waals surface area contributed by atoms with Crippen molar-refractivity contribution in [3.8, 4) is 11.1 Å². The van der Waals surface area contributed by atoms with Crippen molar-refractivity contribution in [2.45, 2.75) is 39.2 Å². The number of likely N-dealkylation sites (tertiary alicyclic amines) is 1. The zero-order valence-electron chi connectivity index (χ0n) is 19.6. The van der Waals surface area contributed by atoms with Crippen LogP contribution in [0.25, 0.3) is 11.1 Å². The van der Waals surface area contributed by atoms with Crippen molar-refractivity contribution in [3.63, 3.8) is 0 Å². The van der Waals surface area contributed by atoms with Crippen molar-refractivity contribution in [2.75, 3.05) is 31.6 Å². The highest BCUT2D eigenvalue weighted by Crippen LogP contribution is 2.37. The predicted molar refractivity (Wildman–Crippen MR) is 127 cm³/mol. The average Bonchev–Trinajstić information content (AvgIpc) is 3.25. The van der Waals surface area contributed by atoms with Gasteiger partial charge in [-0.15, -0.1) is 0 Å². The van der Waals surface area contributed by atoms with Gasteiger partial charge in [0.15, 0.2) is 0 Å². The van der Waals surface area contributed by atoms with Gasteiger partial charge >= 0.3 is 6.09 Å². The summed E-state index contributed by atoms with van der Waals surface area (Å²) < 4.78 is 11.1. The van der Waals surface area contributed by atoms with Crippen LogP contribution in [0.15, 0.2) is 48.8 Å². The van der Waals surface area contributed by atoms with Gasteiger partial charge < -0.3 is 19.7 Å². The summed E-state index contributed by atoms with van der Waals surface area (Å²) in [6, 6.07) is 11.7. The first-order valence-corrected chi connectivity index (χ1v) is 11.7. The number of carbonyl (C=O) groups is 2. The Balaban J connectivity index is 1.50. The van der Waals surface area contributed by atoms with Crippen LogP contribution in [0.4, 0.5) is 10.5 Å². The molecular weight excluding hydrogens is 418 g/mol. The summed E-state index contributed by atoms with van der Waals surface area (Å²) in [5.74, 6) is 0.0927. The second kappa shape index (κ2) is 9.91. The van der Waals surface area contributed by atoms with Gasteiger partial charge in [0.25, 0.3) is 0 Å². The van der Waals surface area contributed by atoms with E-state index in [4.69, 9.17) is 9.47 Å². The quantitative estimate of drug-likeness (QED) is 0.735. The van der Waals surface area contributed by atoms with Crippen molar-refractivity contribution in [3.05, 3.63) is 48.8 Å². The Morgan fingerprint density at radius 2 is 1.85 bits per heavy atom. The zero-order chi connectivity index (χ0) is 23.4. The molecule has 33 heavy (non-hydrogen) atoms. The van der Waals surface area contributed by atoms with Gasteiger partial charge in [0, 0.05) is 49.9 Å². The average molecular weight is 452 g/mol. The van der Waals surface area contributed by atoms with Crippen molar-refractivity contribution in [1.82, 2.24) is 9.88 Å². The predicted octanol–water partition coefficient (Wildman–Crippen LogP) is 4.60. The van der Waals surface area contributed by atoms with E-state index in [0.29, 0.717) is 32.2 Å². The van der Waals surface area contributed by atoms with E-state index in [0.717, 1.165) is 29.7 Å². The molecular formula is C26H33N3O4. The van der Waals surface area contributed by atoms with Crippen LogP contribution < -0.4 is 5.32 Å². The van der Waals surface area contributed by atoms with Crippen LogP contribution in [0.2, 0.25) is 0 Å². The SMILES string of the molecule is CC(C)(C)OC(=O)N1C[C@@H](C(=O)Nc2cccc(-c3cccnc3)c2)[C@H](C2CCOCC2)C1. The molecule has 0 spiro atoms. The summed E-state index contributed by atoms with van der Waals surface area (Å²) in [6.45, 7) is 7.88. The van der Waals surface area contributed by atoms with E-state index in [-0.39, 0.29) is 23.8 Å². The standard InChI is InChI=1S/C26H33N3O4/c1-26(2,3)33-25(31)29-16-22(18-9-12-32-13-10-18)23(17-29)24(30)28-21-8-4-6-19(14-21)20-7-5-11-27-15-20/h4-8,11,14-15,18,22-23H,9-10,12-13,16-17H2,1-3H3,(H,28,30)/t22-,23+/m0/s1. The Morgan fingerprint density at radius 3 is 2.55 bits per heavy atom. The molecule has 2 atom stereocenters. The van der Waals surface area contributed by atoms with E-state index in [1.807, 2.05) is 57.2 Å². The number of carbonyl (C=O) groups excluding carboxylic acids is 2. The topological polar surface area (TPSA) is 80.8 Å². The summed E-state index contributed by atoms with van der Waals surface area (Å²) >= 11 is 0. The highest BCUT2D eigenvalue weighted by atomic mass is 16.6. The lowest BCUT2D eigenvalue weighted by Crippen LogP contribution is -2.36. The molecule has 1 aromatic carbocycles. The maximum atomic E-state index is 13.4. The van der Waals surface area contributed by atoms with Gasteiger partial charge in [0.05, 0.1) is 5.92 Å². The molecule has 0 saturated carbocycles. The molecule has 2 saturated heterocycles. The molecule has 0 aliphatic carbocycles. The van der Waals surface area contributed by atoms with E-state index < -0.39 is 5.60 Å². The lowest BCUT2D eigenvalue weighted by molar-refractivity contribution is -0.121. The van der Waals surface area contributed by atoms with Crippen LogP contribution in [0.5, 0.6) is 0 Å². The van der Waals surface area contributed by atoms with Crippen LogP contribution in [0.1, 0.15) is 33.6 Å². The molecule has 1 N–H and O–H groups in total. The lowest BCUT2D eigenvalue weighted by atomic mass is 9.79. The second-order valence-electron chi connectivity index (χ2n) is 9.92. The number of nitrogens with one attached hydrogen (secondary N) is 1. The second-order valence-corrected chi connectivity index (χ2v) is 9.92. The molecule has 7 nitrogen and oxygen atoms in total. The number of nitrogens with zero attached hydrogens (tertiary/aromatic N) is 2. The summed E-state index contributed by atoms with van der Waals surface area (Å²) in [5, 5.41) is 3.10. The smallest absolute Gasteiger partial charge is 0.410 e. The largest absolute Gasteiger partial charge is 0.444 e. The fourth-order valence-corrected chi connectivity index (χ4v) is 4.75. The van der Waals surface area contributed by atoms with Crippen LogP contribution in [-0.4, -0.2) is 53.8 Å². The van der Waals surface area contributed by atoms with Gasteiger partial charge in [-0.05, 0) is 69.2 Å². The van der Waals surface area contributed by atoms with Crippen LogP contribution in [-0.2, 0) is 14.3 Å². The maximum absolute atomic E-state index is 13.4. The van der Waals surface area contributed by atoms with Crippen LogP contribution >= 0.6 is 0 Å². The number of amides is 2. The molecule has 176 valence electrons. The minimum absolute atomic E-state index is 0.0547. The Labute approximate surface area is 195 Å². The van der Waals surface area contributed by atoms with Gasteiger partial charge in [0.1, 0.15) is 5.60 Å². The van der Waals surface area contributed by atoms with Gasteiger partial charge in [-0.25, -0.2) is 4.79 Å². The van der Waals surface area contributed by atoms with E-state index in [1.54, 1.807) is 17.3 Å². The van der Waals surface area contributed by atoms with Gasteiger partial charge in [-0.1, -0.05) is 18.2 Å². The van der Waals surface area contributed by atoms with E-state index in [1.165, 1.54) is 0 Å². The molecule has 4 rings (SSSR count). The van der Waals surface area contributed by atoms with Crippen molar-refractivity contribution < 1.29 is 19.1 Å². The highest BCUT2D eigenvalue weighted by Gasteiger charge is 2.44. The Kier molecular flexibility index (Phi) is 6.98. The third-order valence-corrected chi connectivity index (χ3v) is 6.35. The third kappa shape index (κ3) is 5.90. The fraction of sp³-hybridized carbons (Fsp3) is 0.500. The molecule has 3 heterocycles. The molecule has 2 amide bonds. The summed E-state index contributed by atoms with van der Waals surface area (Å²) in [4.78, 5) is 32.1. The molecule has 1 aromatic heterocycles. The van der Waals surface area contributed by atoms with Gasteiger partial charge in [-0.2, -0.15) is 0 Å². The number of anilines is 1. The van der Waals surface area contributed by atoms with Gasteiger partial charge in [-0.3, -0.25) is 9.78 Å². The number of benzene rings is 1. The molecule has 7 heteroatoms. The monoisotopic (exact) mass is 451 g/mol. The first kappa shape index (κ1) is 23.2. The Bertz CT molecular complexity index is 967. The Hall–Kier alpha value is -2.93. The molecule has 0 bridgehead atoms. The minimum Gasteiger partial charge on any atom is -0.444 e. The van der Waals surface area contributed by atoms with Crippen LogP contribution in [0.3, 0.4) is 0 Å². The van der Waals surface area contributed by atoms with Crippen LogP contribution in [0, 0.1) is 17.8 Å². The number of hydrogen-bond acceptors (Lipinski definition) is 5. The lowest BCUT2D eigenvalue weighted by Gasteiger charge is -2.30. The molecule has 2 aromatic rings.